The molecule has 5 nitrogen and oxygen atoms in total. The molecular weight excluding hydrogens is 198 g/mol. The predicted octanol–water partition coefficient (Wildman–Crippen LogP) is -6.65. The van der Waals surface area contributed by atoms with E-state index in [0.717, 1.165) is 0 Å². The van der Waals surface area contributed by atoms with E-state index in [1.54, 1.807) is 0 Å². The maximum Gasteiger partial charge on any atom is 4.00 e. The van der Waals surface area contributed by atoms with Gasteiger partial charge in [-0.1, -0.05) is 0 Å². The SMILES string of the molecule is O.O=P([O-])([O-])[O-].[K+].[Ti+4]. The largest absolute Gasteiger partial charge is 4.00 e. The van der Waals surface area contributed by atoms with Crippen molar-refractivity contribution in [1.29, 1.82) is 0 Å². The molecule has 0 amide bonds. The standard InChI is InChI=1S/K.H3O4P.H2O.Ti/c;1-5(2,3)4;;/h;(H3,1,2,3,4);1H2;/q+1;;;+4/p-3. The predicted molar refractivity (Wildman–Crippen MR) is 11.2 cm³/mol. The van der Waals surface area contributed by atoms with E-state index in [1.165, 1.54) is 0 Å². The minimum absolute atomic E-state index is 0. The van der Waals surface area contributed by atoms with E-state index in [1.807, 2.05) is 0 Å². The molecule has 0 saturated heterocycles. The molecule has 0 aliphatic carbocycles. The average Bonchev–Trinajstić information content (AvgIpc) is 0.722. The van der Waals surface area contributed by atoms with Crippen LogP contribution in [-0.4, -0.2) is 5.48 Å². The van der Waals surface area contributed by atoms with Crippen molar-refractivity contribution in [2.45, 2.75) is 0 Å². The second-order valence-electron chi connectivity index (χ2n) is 0.447. The zero-order valence-corrected chi connectivity index (χ0v) is 9.66. The number of hydrogen-bond donors (Lipinski definition) is 0. The van der Waals surface area contributed by atoms with Gasteiger partial charge in [-0.25, -0.2) is 0 Å². The fraction of sp³-hybridized carbons (Fsp3) is 0. The Kier molecular flexibility index (Phi) is 26.4. The number of rotatable bonds is 0. The zero-order chi connectivity index (χ0) is 4.50. The van der Waals surface area contributed by atoms with Crippen LogP contribution in [0.4, 0.5) is 0 Å². The monoisotopic (exact) mass is 200 g/mol. The number of phosphoric acid groups is 1. The van der Waals surface area contributed by atoms with Gasteiger partial charge in [-0.3, -0.25) is 0 Å². The maximum atomic E-state index is 8.55. The van der Waals surface area contributed by atoms with Gasteiger partial charge >= 0.3 is 73.1 Å². The van der Waals surface area contributed by atoms with Gasteiger partial charge in [0.15, 0.2) is 0 Å². The van der Waals surface area contributed by atoms with Gasteiger partial charge in [0.1, 0.15) is 0 Å². The molecule has 0 saturated carbocycles. The molecule has 0 atom stereocenters. The Morgan fingerprint density at radius 3 is 1.12 bits per heavy atom. The summed E-state index contributed by atoms with van der Waals surface area (Å²) in [5.41, 5.74) is 0. The summed E-state index contributed by atoms with van der Waals surface area (Å²) < 4.78 is 8.55. The van der Waals surface area contributed by atoms with Gasteiger partial charge in [-0.05, 0) is 0 Å². The van der Waals surface area contributed by atoms with E-state index in [0.29, 0.717) is 0 Å². The summed E-state index contributed by atoms with van der Waals surface area (Å²) in [6.45, 7) is 0. The Labute approximate surface area is 104 Å². The molecular formula is H2KO5PTi+2. The van der Waals surface area contributed by atoms with E-state index in [4.69, 9.17) is 19.2 Å². The molecule has 0 unspecified atom stereocenters. The van der Waals surface area contributed by atoms with E-state index < -0.39 is 7.82 Å². The van der Waals surface area contributed by atoms with Crippen LogP contribution < -0.4 is 66.1 Å². The normalized spacial score (nSPS) is 7.38. The van der Waals surface area contributed by atoms with Crippen LogP contribution in [0.1, 0.15) is 0 Å². The molecule has 2 N–H and O–H groups in total. The van der Waals surface area contributed by atoms with Gasteiger partial charge in [0.25, 0.3) is 0 Å². The van der Waals surface area contributed by atoms with Gasteiger partial charge in [0.05, 0.1) is 0 Å². The molecule has 0 heterocycles. The summed E-state index contributed by atoms with van der Waals surface area (Å²) >= 11 is 0. The molecule has 0 aromatic rings. The van der Waals surface area contributed by atoms with Crippen molar-refractivity contribution < 1.29 is 97.8 Å². The summed E-state index contributed by atoms with van der Waals surface area (Å²) in [5.74, 6) is 0. The first-order valence-electron chi connectivity index (χ1n) is 0.730. The van der Waals surface area contributed by atoms with Gasteiger partial charge in [0, 0.05) is 0 Å². The van der Waals surface area contributed by atoms with Crippen LogP contribution in [0, 0.1) is 0 Å². The topological polar surface area (TPSA) is 118 Å². The molecule has 0 aliphatic heterocycles. The van der Waals surface area contributed by atoms with Gasteiger partial charge in [-0.2, -0.15) is 7.82 Å². The summed E-state index contributed by atoms with van der Waals surface area (Å²) in [6.07, 6.45) is 0. The summed E-state index contributed by atoms with van der Waals surface area (Å²) in [6, 6.07) is 0. The minimum Gasteiger partial charge on any atom is -0.822 e. The Bertz CT molecular complexity index is 58.6. The van der Waals surface area contributed by atoms with Crippen LogP contribution in [0.25, 0.3) is 0 Å². The zero-order valence-electron chi connectivity index (χ0n) is 4.08. The van der Waals surface area contributed by atoms with Crippen molar-refractivity contribution in [3.05, 3.63) is 0 Å². The van der Waals surface area contributed by atoms with E-state index >= 15 is 0 Å². The van der Waals surface area contributed by atoms with Crippen molar-refractivity contribution in [2.75, 3.05) is 0 Å². The Morgan fingerprint density at radius 2 is 1.12 bits per heavy atom. The first-order valence-corrected chi connectivity index (χ1v) is 2.19. The van der Waals surface area contributed by atoms with Crippen LogP contribution >= 0.6 is 7.82 Å². The fourth-order valence-corrected chi connectivity index (χ4v) is 0. The summed E-state index contributed by atoms with van der Waals surface area (Å²) in [7, 11) is -5.39. The molecule has 0 aliphatic rings. The summed E-state index contributed by atoms with van der Waals surface area (Å²) in [4.78, 5) is 25.6. The van der Waals surface area contributed by atoms with Crippen molar-refractivity contribution >= 4 is 7.82 Å². The van der Waals surface area contributed by atoms with Crippen molar-refractivity contribution in [1.82, 2.24) is 0 Å². The fourth-order valence-electron chi connectivity index (χ4n) is 0. The quantitative estimate of drug-likeness (QED) is 0.285. The first-order chi connectivity index (χ1) is 2.00. The second-order valence-corrected chi connectivity index (χ2v) is 1.34. The minimum atomic E-state index is -5.39. The van der Waals surface area contributed by atoms with Crippen LogP contribution in [0.3, 0.4) is 0 Å². The van der Waals surface area contributed by atoms with E-state index in [2.05, 4.69) is 0 Å². The third-order valence-electron chi connectivity index (χ3n) is 0. The molecule has 0 aromatic carbocycles. The van der Waals surface area contributed by atoms with Crippen molar-refractivity contribution in [3.8, 4) is 0 Å². The average molecular weight is 200 g/mol. The van der Waals surface area contributed by atoms with Crippen molar-refractivity contribution in [2.24, 2.45) is 0 Å². The molecule has 0 radical (unpaired) electrons. The molecule has 0 aromatic heterocycles. The third kappa shape index (κ3) is 79.1. The maximum absolute atomic E-state index is 8.55. The molecule has 0 bridgehead atoms. The number of hydrogen-bond acceptors (Lipinski definition) is 4. The van der Waals surface area contributed by atoms with Gasteiger partial charge in [-0.15, -0.1) is 0 Å². The van der Waals surface area contributed by atoms with Crippen molar-refractivity contribution in [3.63, 3.8) is 0 Å². The second kappa shape index (κ2) is 9.42. The third-order valence-corrected chi connectivity index (χ3v) is 0. The van der Waals surface area contributed by atoms with Crippen LogP contribution in [-0.2, 0) is 26.3 Å². The molecule has 0 spiro atoms. The molecule has 0 rings (SSSR count). The van der Waals surface area contributed by atoms with Crippen LogP contribution in [0.2, 0.25) is 0 Å². The Hall–Kier alpha value is 2.42. The first kappa shape index (κ1) is 22.4. The molecule has 8 heteroatoms. The smallest absolute Gasteiger partial charge is 0.822 e. The summed E-state index contributed by atoms with van der Waals surface area (Å²) in [5, 5.41) is 0. The van der Waals surface area contributed by atoms with E-state index in [-0.39, 0.29) is 78.6 Å². The van der Waals surface area contributed by atoms with E-state index in [9.17, 15) is 0 Å². The molecule has 40 valence electrons. The van der Waals surface area contributed by atoms with Gasteiger partial charge in [0.2, 0.25) is 0 Å². The Morgan fingerprint density at radius 1 is 1.12 bits per heavy atom. The van der Waals surface area contributed by atoms with Crippen LogP contribution in [0.15, 0.2) is 0 Å². The van der Waals surface area contributed by atoms with Gasteiger partial charge < -0.3 is 24.7 Å². The molecule has 0 fully saturated rings. The van der Waals surface area contributed by atoms with Crippen LogP contribution in [0.5, 0.6) is 0 Å². The molecule has 8 heavy (non-hydrogen) atoms. The Balaban J connectivity index is -0.0000000267.